The average molecular weight is 244 g/mol. The lowest BCUT2D eigenvalue weighted by Crippen LogP contribution is -2.45. The third-order valence-corrected chi connectivity index (χ3v) is 3.37. The predicted molar refractivity (Wildman–Crippen MR) is 73.6 cm³/mol. The molecule has 0 aromatic heterocycles. The molecule has 0 bridgehead atoms. The molecule has 0 aliphatic carbocycles. The fraction of sp³-hybridized carbons (Fsp3) is 0.500. The van der Waals surface area contributed by atoms with E-state index in [0.29, 0.717) is 5.56 Å². The molecule has 0 saturated carbocycles. The number of anilines is 1. The summed E-state index contributed by atoms with van der Waals surface area (Å²) in [5, 5.41) is 12.1. The highest BCUT2D eigenvalue weighted by molar-refractivity contribution is 5.47. The second kappa shape index (κ2) is 6.39. The topological polar surface area (TPSA) is 42.3 Å². The van der Waals surface area contributed by atoms with Crippen molar-refractivity contribution in [1.82, 2.24) is 9.80 Å². The molecule has 1 heterocycles. The highest BCUT2D eigenvalue weighted by atomic mass is 15.2. The molecule has 1 saturated heterocycles. The maximum Gasteiger partial charge on any atom is 0.0991 e. The van der Waals surface area contributed by atoms with Crippen molar-refractivity contribution in [2.45, 2.75) is 0 Å². The van der Waals surface area contributed by atoms with Crippen molar-refractivity contribution in [1.29, 1.82) is 5.26 Å². The van der Waals surface area contributed by atoms with Crippen LogP contribution in [0.25, 0.3) is 0 Å². The number of nitriles is 1. The van der Waals surface area contributed by atoms with E-state index in [0.717, 1.165) is 45.0 Å². The van der Waals surface area contributed by atoms with Crippen molar-refractivity contribution in [3.8, 4) is 6.07 Å². The lowest BCUT2D eigenvalue weighted by molar-refractivity contribution is 0.158. The lowest BCUT2D eigenvalue weighted by Gasteiger charge is -2.32. The Morgan fingerprint density at radius 1 is 1.17 bits per heavy atom. The highest BCUT2D eigenvalue weighted by Gasteiger charge is 2.12. The summed E-state index contributed by atoms with van der Waals surface area (Å²) in [4.78, 5) is 4.85. The van der Waals surface area contributed by atoms with Gasteiger partial charge in [0.1, 0.15) is 0 Å². The lowest BCUT2D eigenvalue weighted by atomic mass is 10.2. The van der Waals surface area contributed by atoms with Crippen molar-refractivity contribution >= 4 is 5.69 Å². The van der Waals surface area contributed by atoms with Gasteiger partial charge in [0, 0.05) is 45.0 Å². The summed E-state index contributed by atoms with van der Waals surface area (Å²) in [5.41, 5.74) is 1.79. The fourth-order valence-electron chi connectivity index (χ4n) is 2.09. The van der Waals surface area contributed by atoms with E-state index < -0.39 is 0 Å². The monoisotopic (exact) mass is 244 g/mol. The summed E-state index contributed by atoms with van der Waals surface area (Å²) in [6.45, 7) is 6.67. The quantitative estimate of drug-likeness (QED) is 0.864. The number of nitrogens with one attached hydrogen (secondary N) is 1. The van der Waals surface area contributed by atoms with E-state index in [1.807, 2.05) is 24.3 Å². The van der Waals surface area contributed by atoms with E-state index in [4.69, 9.17) is 5.26 Å². The van der Waals surface area contributed by atoms with E-state index in [1.54, 1.807) is 0 Å². The molecule has 4 heteroatoms. The number of rotatable bonds is 4. The predicted octanol–water partition coefficient (Wildman–Crippen LogP) is 1.22. The molecule has 1 aliphatic rings. The molecule has 0 atom stereocenters. The zero-order valence-electron chi connectivity index (χ0n) is 10.9. The van der Waals surface area contributed by atoms with Crippen molar-refractivity contribution < 1.29 is 0 Å². The van der Waals surface area contributed by atoms with Crippen LogP contribution < -0.4 is 5.32 Å². The minimum Gasteiger partial charge on any atom is -0.384 e. The Morgan fingerprint density at radius 3 is 2.44 bits per heavy atom. The number of nitrogens with zero attached hydrogens (tertiary/aromatic N) is 3. The van der Waals surface area contributed by atoms with Crippen molar-refractivity contribution in [3.63, 3.8) is 0 Å². The molecule has 1 aromatic carbocycles. The average Bonchev–Trinajstić information content (AvgIpc) is 2.42. The van der Waals surface area contributed by atoms with Crippen LogP contribution in [-0.4, -0.2) is 56.1 Å². The molecule has 1 fully saturated rings. The summed E-state index contributed by atoms with van der Waals surface area (Å²) in [6.07, 6.45) is 0. The van der Waals surface area contributed by atoms with Crippen LogP contribution in [0.4, 0.5) is 5.69 Å². The number of hydrogen-bond acceptors (Lipinski definition) is 4. The van der Waals surface area contributed by atoms with Crippen molar-refractivity contribution in [2.75, 3.05) is 51.6 Å². The molecule has 0 unspecified atom stereocenters. The second-order valence-electron chi connectivity index (χ2n) is 4.76. The number of benzene rings is 1. The van der Waals surface area contributed by atoms with Crippen LogP contribution in [0.5, 0.6) is 0 Å². The largest absolute Gasteiger partial charge is 0.384 e. The van der Waals surface area contributed by atoms with Gasteiger partial charge in [0.15, 0.2) is 0 Å². The summed E-state index contributed by atoms with van der Waals surface area (Å²) in [6, 6.07) is 9.74. The summed E-state index contributed by atoms with van der Waals surface area (Å²) in [5.74, 6) is 0. The van der Waals surface area contributed by atoms with Gasteiger partial charge in [-0.3, -0.25) is 4.90 Å². The molecule has 0 spiro atoms. The third-order valence-electron chi connectivity index (χ3n) is 3.37. The first-order chi connectivity index (χ1) is 8.78. The minimum absolute atomic E-state index is 0.708. The molecule has 1 aliphatic heterocycles. The Morgan fingerprint density at radius 2 is 1.83 bits per heavy atom. The van der Waals surface area contributed by atoms with E-state index in [1.165, 1.54) is 0 Å². The fourth-order valence-corrected chi connectivity index (χ4v) is 2.09. The molecule has 18 heavy (non-hydrogen) atoms. The van der Waals surface area contributed by atoms with Crippen LogP contribution in [0.3, 0.4) is 0 Å². The van der Waals surface area contributed by atoms with Crippen LogP contribution in [0.1, 0.15) is 5.56 Å². The second-order valence-corrected chi connectivity index (χ2v) is 4.76. The SMILES string of the molecule is CN1CCN(CCNc2ccc(C#N)cc2)CC1. The number of piperazine rings is 1. The van der Waals surface area contributed by atoms with Gasteiger partial charge in [-0.05, 0) is 31.3 Å². The molecule has 96 valence electrons. The molecule has 0 amide bonds. The van der Waals surface area contributed by atoms with Gasteiger partial charge >= 0.3 is 0 Å². The third kappa shape index (κ3) is 3.73. The van der Waals surface area contributed by atoms with Crippen LogP contribution >= 0.6 is 0 Å². The number of likely N-dealkylation sites (N-methyl/N-ethyl adjacent to an activating group) is 1. The first kappa shape index (κ1) is 12.9. The molecule has 4 nitrogen and oxygen atoms in total. The van der Waals surface area contributed by atoms with Gasteiger partial charge in [0.2, 0.25) is 0 Å². The van der Waals surface area contributed by atoms with Crippen molar-refractivity contribution in [2.24, 2.45) is 0 Å². The van der Waals surface area contributed by atoms with Crippen LogP contribution in [-0.2, 0) is 0 Å². The van der Waals surface area contributed by atoms with Gasteiger partial charge in [-0.1, -0.05) is 0 Å². The van der Waals surface area contributed by atoms with Gasteiger partial charge in [-0.25, -0.2) is 0 Å². The molecule has 1 aromatic rings. The Hall–Kier alpha value is -1.57. The maximum absolute atomic E-state index is 8.72. The Bertz CT molecular complexity index is 399. The van der Waals surface area contributed by atoms with Crippen LogP contribution in [0, 0.1) is 11.3 Å². The van der Waals surface area contributed by atoms with Crippen LogP contribution in [0.2, 0.25) is 0 Å². The molecule has 0 radical (unpaired) electrons. The Balaban J connectivity index is 1.70. The molecule has 1 N–H and O–H groups in total. The minimum atomic E-state index is 0.708. The first-order valence-corrected chi connectivity index (χ1v) is 6.43. The van der Waals surface area contributed by atoms with E-state index in [9.17, 15) is 0 Å². The van der Waals surface area contributed by atoms with E-state index >= 15 is 0 Å². The zero-order valence-corrected chi connectivity index (χ0v) is 10.9. The Labute approximate surface area is 109 Å². The zero-order chi connectivity index (χ0) is 12.8. The van der Waals surface area contributed by atoms with Gasteiger partial charge in [-0.2, -0.15) is 5.26 Å². The molecular weight excluding hydrogens is 224 g/mol. The molecule has 2 rings (SSSR count). The Kier molecular flexibility index (Phi) is 4.57. The summed E-state index contributed by atoms with van der Waals surface area (Å²) in [7, 11) is 2.17. The normalized spacial score (nSPS) is 17.3. The van der Waals surface area contributed by atoms with Crippen molar-refractivity contribution in [3.05, 3.63) is 29.8 Å². The highest BCUT2D eigenvalue weighted by Crippen LogP contribution is 2.08. The van der Waals surface area contributed by atoms with Gasteiger partial charge < -0.3 is 10.2 Å². The smallest absolute Gasteiger partial charge is 0.0991 e. The first-order valence-electron chi connectivity index (χ1n) is 6.43. The van der Waals surface area contributed by atoms with E-state index in [2.05, 4.69) is 28.2 Å². The standard InChI is InChI=1S/C14H20N4/c1-17-8-10-18(11-9-17)7-6-16-14-4-2-13(12-15)3-5-14/h2-5,16H,6-11H2,1H3. The van der Waals surface area contributed by atoms with Gasteiger partial charge in [-0.15, -0.1) is 0 Å². The number of hydrogen-bond donors (Lipinski definition) is 1. The van der Waals surface area contributed by atoms with Gasteiger partial charge in [0.05, 0.1) is 11.6 Å². The maximum atomic E-state index is 8.72. The van der Waals surface area contributed by atoms with E-state index in [-0.39, 0.29) is 0 Å². The molecular formula is C14H20N4. The van der Waals surface area contributed by atoms with Gasteiger partial charge in [0.25, 0.3) is 0 Å². The summed E-state index contributed by atoms with van der Waals surface area (Å²) >= 11 is 0. The summed E-state index contributed by atoms with van der Waals surface area (Å²) < 4.78 is 0. The van der Waals surface area contributed by atoms with Crippen LogP contribution in [0.15, 0.2) is 24.3 Å².